The molecule has 2 aromatic carbocycles. The zero-order valence-corrected chi connectivity index (χ0v) is 31.7. The molecule has 1 aromatic heterocycles. The molecule has 1 aliphatic heterocycles. The Morgan fingerprint density at radius 3 is 2.27 bits per heavy atom. The molecule has 4 rings (SSSR count). The number of aromatic amines is 1. The van der Waals surface area contributed by atoms with Crippen LogP contribution in [-0.4, -0.2) is 115 Å². The molecule has 56 heavy (non-hydrogen) atoms. The van der Waals surface area contributed by atoms with Gasteiger partial charge in [-0.2, -0.15) is 5.21 Å². The Balaban J connectivity index is 1.48. The van der Waals surface area contributed by atoms with Crippen LogP contribution < -0.4 is 32.3 Å². The predicted octanol–water partition coefficient (Wildman–Crippen LogP) is -0.0161. The van der Waals surface area contributed by atoms with Gasteiger partial charge >= 0.3 is 5.97 Å². The van der Waals surface area contributed by atoms with Crippen molar-refractivity contribution in [2.75, 3.05) is 18.4 Å². The van der Waals surface area contributed by atoms with Gasteiger partial charge in [-0.05, 0) is 60.1 Å². The molecule has 3 aromatic rings. The summed E-state index contributed by atoms with van der Waals surface area (Å²) in [5, 5.41) is 35.3. The Morgan fingerprint density at radius 2 is 1.62 bits per heavy atom. The molecule has 1 fully saturated rings. The van der Waals surface area contributed by atoms with Gasteiger partial charge in [0.05, 0.1) is 5.56 Å². The Labute approximate surface area is 323 Å². The number of nitrogens with two attached hydrogens (primary N) is 1. The number of hydrogen-bond acceptors (Lipinski definition) is 11. The van der Waals surface area contributed by atoms with E-state index in [1.54, 1.807) is 44.2 Å². The van der Waals surface area contributed by atoms with E-state index in [1.807, 2.05) is 19.9 Å². The highest BCUT2D eigenvalue weighted by atomic mass is 16.4. The van der Waals surface area contributed by atoms with E-state index in [9.17, 15) is 38.7 Å². The van der Waals surface area contributed by atoms with Crippen LogP contribution in [0.3, 0.4) is 0 Å². The second-order valence-corrected chi connectivity index (χ2v) is 14.3. The van der Waals surface area contributed by atoms with Gasteiger partial charge in [0.15, 0.2) is 0 Å². The molecule has 0 radical (unpaired) electrons. The number of carbonyl (C=O) groups excluding carboxylic acids is 6. The van der Waals surface area contributed by atoms with Gasteiger partial charge in [-0.1, -0.05) is 64.1 Å². The van der Waals surface area contributed by atoms with Gasteiger partial charge in [0.25, 0.3) is 11.7 Å². The lowest BCUT2D eigenvalue weighted by Gasteiger charge is -2.31. The Kier molecular flexibility index (Phi) is 15.1. The zero-order chi connectivity index (χ0) is 40.9. The minimum Gasteiger partial charge on any atom is -0.478 e. The van der Waals surface area contributed by atoms with Crippen LogP contribution in [0, 0.1) is 11.8 Å². The molecule has 9 N–H and O–H groups in total. The van der Waals surface area contributed by atoms with Crippen molar-refractivity contribution in [2.45, 2.75) is 83.6 Å². The summed E-state index contributed by atoms with van der Waals surface area (Å²) in [5.41, 5.74) is 6.99. The van der Waals surface area contributed by atoms with Crippen LogP contribution in [0.1, 0.15) is 73.5 Å². The maximum absolute atomic E-state index is 14.3. The molecule has 6 amide bonds. The molecule has 1 saturated heterocycles. The molecule has 19 heteroatoms. The average molecular weight is 776 g/mol. The van der Waals surface area contributed by atoms with Crippen molar-refractivity contribution in [1.29, 1.82) is 0 Å². The van der Waals surface area contributed by atoms with Gasteiger partial charge in [0.2, 0.25) is 29.5 Å². The summed E-state index contributed by atoms with van der Waals surface area (Å²) in [6.07, 6.45) is 1.15. The number of carboxylic acid groups (broad SMARTS) is 1. The van der Waals surface area contributed by atoms with Crippen LogP contribution in [0.25, 0.3) is 0 Å². The average Bonchev–Trinajstić information content (AvgIpc) is 3.89. The summed E-state index contributed by atoms with van der Waals surface area (Å²) in [6.45, 7) is 7.08. The maximum Gasteiger partial charge on any atom is 0.335 e. The first kappa shape index (κ1) is 42.5. The number of hydrogen-bond donors (Lipinski definition) is 8. The number of H-pyrrole nitrogens is 1. The van der Waals surface area contributed by atoms with E-state index in [2.05, 4.69) is 47.2 Å². The number of carbonyl (C=O) groups is 7. The standard InChI is InChI=1S/C37H49N11O8/c1-20(2)16-26(41-34(52)29(21(3)4)43-31(49)25(38)19-39-35(53)30-44-46-47-45-30)32(50)42-27(17-22-10-6-5-7-11-22)36(54)48-15-9-14-28(48)33(51)40-24-13-8-12-23(18-24)37(55)56/h5-8,10-13,18,20-21,25-29H,9,14-17,19,38H2,1-4H3,(H,39,53)(H,40,51)(H,41,52)(H,42,50)(H,43,49)(H,55,56)(H,44,45,46,47)/t25-,26-,27-,28-,29-/m0/s1. The van der Waals surface area contributed by atoms with Gasteiger partial charge in [0, 0.05) is 25.2 Å². The molecule has 0 saturated carbocycles. The number of aromatic nitrogens is 4. The second kappa shape index (κ2) is 19.9. The maximum atomic E-state index is 14.3. The SMILES string of the molecule is CC(C)C[C@H](NC(=O)[C@@H](NC(=O)[C@@H](N)CNC(=O)c1nn[nH]n1)C(C)C)C(=O)N[C@@H](Cc1ccccc1)C(=O)N1CCC[C@H]1C(=O)Nc1cccc(C(=O)O)c1. The smallest absolute Gasteiger partial charge is 0.335 e. The van der Waals surface area contributed by atoms with E-state index in [-0.39, 0.29) is 48.9 Å². The normalized spacial score (nSPS) is 16.0. The fourth-order valence-electron chi connectivity index (χ4n) is 6.17. The number of benzene rings is 2. The summed E-state index contributed by atoms with van der Waals surface area (Å²) in [5.74, 6) is -5.66. The fourth-order valence-corrected chi connectivity index (χ4v) is 6.17. The number of anilines is 1. The molecule has 300 valence electrons. The van der Waals surface area contributed by atoms with Crippen molar-refractivity contribution in [3.8, 4) is 0 Å². The number of nitrogens with one attached hydrogen (secondary N) is 6. The summed E-state index contributed by atoms with van der Waals surface area (Å²) in [6, 6.07) is 9.31. The highest BCUT2D eigenvalue weighted by Gasteiger charge is 2.39. The predicted molar refractivity (Wildman–Crippen MR) is 201 cm³/mol. The minimum absolute atomic E-state index is 0.00953. The zero-order valence-electron chi connectivity index (χ0n) is 31.7. The lowest BCUT2D eigenvalue weighted by Crippen LogP contribution is -2.60. The number of tetrazole rings is 1. The lowest BCUT2D eigenvalue weighted by molar-refractivity contribution is -0.140. The quantitative estimate of drug-likeness (QED) is 0.0847. The molecule has 0 unspecified atom stereocenters. The van der Waals surface area contributed by atoms with Crippen molar-refractivity contribution in [2.24, 2.45) is 17.6 Å². The van der Waals surface area contributed by atoms with E-state index in [1.165, 1.54) is 23.1 Å². The highest BCUT2D eigenvalue weighted by Crippen LogP contribution is 2.22. The van der Waals surface area contributed by atoms with E-state index in [4.69, 9.17) is 5.73 Å². The van der Waals surface area contributed by atoms with Crippen LogP contribution in [-0.2, 0) is 30.4 Å². The van der Waals surface area contributed by atoms with Crippen molar-refractivity contribution < 1.29 is 38.7 Å². The summed E-state index contributed by atoms with van der Waals surface area (Å²) < 4.78 is 0. The first-order valence-electron chi connectivity index (χ1n) is 18.3. The molecular formula is C37H49N11O8. The molecule has 1 aliphatic rings. The van der Waals surface area contributed by atoms with Crippen LogP contribution in [0.15, 0.2) is 54.6 Å². The van der Waals surface area contributed by atoms with Gasteiger partial charge in [0.1, 0.15) is 30.2 Å². The highest BCUT2D eigenvalue weighted by molar-refractivity contribution is 6.00. The van der Waals surface area contributed by atoms with Crippen molar-refractivity contribution in [1.82, 2.24) is 46.8 Å². The second-order valence-electron chi connectivity index (χ2n) is 14.3. The number of carboxylic acids is 1. The Hall–Kier alpha value is -6.24. The number of likely N-dealkylation sites (tertiary alicyclic amines) is 1. The summed E-state index contributed by atoms with van der Waals surface area (Å²) in [7, 11) is 0. The number of nitrogens with zero attached hydrogens (tertiary/aromatic N) is 4. The largest absolute Gasteiger partial charge is 0.478 e. The molecule has 5 atom stereocenters. The number of rotatable bonds is 18. The van der Waals surface area contributed by atoms with Gasteiger partial charge < -0.3 is 42.3 Å². The molecule has 0 bridgehead atoms. The van der Waals surface area contributed by atoms with E-state index >= 15 is 0 Å². The van der Waals surface area contributed by atoms with Crippen LogP contribution in [0.2, 0.25) is 0 Å². The van der Waals surface area contributed by atoms with Crippen molar-refractivity contribution >= 4 is 47.1 Å². The molecule has 19 nitrogen and oxygen atoms in total. The number of aromatic carboxylic acids is 1. The fraction of sp³-hybridized carbons (Fsp3) is 0.459. The summed E-state index contributed by atoms with van der Waals surface area (Å²) in [4.78, 5) is 93.5. The molecule has 0 aliphatic carbocycles. The van der Waals surface area contributed by atoms with Crippen LogP contribution in [0.5, 0.6) is 0 Å². The van der Waals surface area contributed by atoms with Gasteiger partial charge in [-0.15, -0.1) is 10.2 Å². The Bertz CT molecular complexity index is 1860. The minimum atomic E-state index is -1.24. The van der Waals surface area contributed by atoms with Crippen LogP contribution in [0.4, 0.5) is 5.69 Å². The third-order valence-corrected chi connectivity index (χ3v) is 9.07. The summed E-state index contributed by atoms with van der Waals surface area (Å²) >= 11 is 0. The molecular weight excluding hydrogens is 726 g/mol. The molecule has 2 heterocycles. The number of amides is 6. The van der Waals surface area contributed by atoms with Crippen LogP contribution >= 0.6 is 0 Å². The van der Waals surface area contributed by atoms with E-state index < -0.39 is 77.5 Å². The molecule has 0 spiro atoms. The monoisotopic (exact) mass is 775 g/mol. The topological polar surface area (TPSA) is 284 Å². The van der Waals surface area contributed by atoms with Crippen molar-refractivity contribution in [3.63, 3.8) is 0 Å². The third kappa shape index (κ3) is 11.9. The lowest BCUT2D eigenvalue weighted by atomic mass is 9.98. The Morgan fingerprint density at radius 1 is 0.911 bits per heavy atom. The van der Waals surface area contributed by atoms with E-state index in [0.717, 1.165) is 5.56 Å². The first-order valence-corrected chi connectivity index (χ1v) is 18.3. The van der Waals surface area contributed by atoms with E-state index in [0.29, 0.717) is 12.8 Å². The van der Waals surface area contributed by atoms with Crippen molar-refractivity contribution in [3.05, 3.63) is 71.5 Å². The first-order chi connectivity index (χ1) is 26.6. The van der Waals surface area contributed by atoms with Gasteiger partial charge in [-0.25, -0.2) is 4.79 Å². The van der Waals surface area contributed by atoms with Gasteiger partial charge in [-0.3, -0.25) is 28.8 Å². The third-order valence-electron chi connectivity index (χ3n) is 9.07.